The average Bonchev–Trinajstić information content (AvgIpc) is 2.24. The predicted octanol–water partition coefficient (Wildman–Crippen LogP) is -0.750. The SMILES string of the molecule is CCN(CC(=O)NC(C)C)C(=O)CN(C)CCN. The molecule has 2 amide bonds. The topological polar surface area (TPSA) is 78.7 Å². The Morgan fingerprint density at radius 1 is 1.28 bits per heavy atom. The summed E-state index contributed by atoms with van der Waals surface area (Å²) in [6.45, 7) is 7.77. The molecule has 0 rings (SSSR count). The van der Waals surface area contributed by atoms with Gasteiger partial charge < -0.3 is 16.0 Å². The molecule has 0 aliphatic rings. The molecule has 0 bridgehead atoms. The van der Waals surface area contributed by atoms with E-state index in [-0.39, 0.29) is 24.4 Å². The van der Waals surface area contributed by atoms with Crippen molar-refractivity contribution in [3.05, 3.63) is 0 Å². The lowest BCUT2D eigenvalue weighted by Gasteiger charge is -2.24. The van der Waals surface area contributed by atoms with Gasteiger partial charge in [-0.3, -0.25) is 14.5 Å². The number of hydrogen-bond acceptors (Lipinski definition) is 4. The summed E-state index contributed by atoms with van der Waals surface area (Å²) in [4.78, 5) is 26.9. The zero-order valence-electron chi connectivity index (χ0n) is 11.9. The molecule has 0 saturated carbocycles. The fourth-order valence-corrected chi connectivity index (χ4v) is 1.55. The second-order valence-electron chi connectivity index (χ2n) is 4.66. The first-order valence-corrected chi connectivity index (χ1v) is 6.36. The highest BCUT2D eigenvalue weighted by atomic mass is 16.2. The first-order chi connectivity index (χ1) is 8.40. The van der Waals surface area contributed by atoms with Crippen molar-refractivity contribution in [1.82, 2.24) is 15.1 Å². The number of amides is 2. The van der Waals surface area contributed by atoms with Crippen LogP contribution >= 0.6 is 0 Å². The van der Waals surface area contributed by atoms with Crippen LogP contribution in [0.5, 0.6) is 0 Å². The van der Waals surface area contributed by atoms with Crippen LogP contribution in [0.3, 0.4) is 0 Å². The largest absolute Gasteiger partial charge is 0.352 e. The molecule has 18 heavy (non-hydrogen) atoms. The van der Waals surface area contributed by atoms with Crippen molar-refractivity contribution in [2.45, 2.75) is 26.8 Å². The minimum atomic E-state index is -0.123. The van der Waals surface area contributed by atoms with Crippen LogP contribution in [0.4, 0.5) is 0 Å². The van der Waals surface area contributed by atoms with Crippen molar-refractivity contribution in [3.63, 3.8) is 0 Å². The van der Waals surface area contributed by atoms with E-state index < -0.39 is 0 Å². The zero-order valence-corrected chi connectivity index (χ0v) is 11.9. The smallest absolute Gasteiger partial charge is 0.239 e. The molecule has 0 aliphatic heterocycles. The van der Waals surface area contributed by atoms with Gasteiger partial charge in [-0.1, -0.05) is 0 Å². The van der Waals surface area contributed by atoms with Gasteiger partial charge in [0.1, 0.15) is 0 Å². The Bertz CT molecular complexity index is 269. The minimum absolute atomic E-state index is 0.0487. The number of nitrogens with two attached hydrogens (primary N) is 1. The van der Waals surface area contributed by atoms with Crippen molar-refractivity contribution in [2.24, 2.45) is 5.73 Å². The van der Waals surface area contributed by atoms with Gasteiger partial charge in [-0.2, -0.15) is 0 Å². The number of nitrogens with one attached hydrogen (secondary N) is 1. The number of carbonyl (C=O) groups is 2. The molecular weight excluding hydrogens is 232 g/mol. The highest BCUT2D eigenvalue weighted by Gasteiger charge is 2.17. The molecule has 0 aromatic carbocycles. The van der Waals surface area contributed by atoms with Crippen LogP contribution < -0.4 is 11.1 Å². The normalized spacial score (nSPS) is 10.8. The molecule has 0 saturated heterocycles. The first-order valence-electron chi connectivity index (χ1n) is 6.36. The summed E-state index contributed by atoms with van der Waals surface area (Å²) < 4.78 is 0. The Morgan fingerprint density at radius 2 is 1.89 bits per heavy atom. The van der Waals surface area contributed by atoms with Gasteiger partial charge in [-0.15, -0.1) is 0 Å². The molecule has 6 nitrogen and oxygen atoms in total. The summed E-state index contributed by atoms with van der Waals surface area (Å²) in [5, 5.41) is 2.77. The predicted molar refractivity (Wildman–Crippen MR) is 72.1 cm³/mol. The fourth-order valence-electron chi connectivity index (χ4n) is 1.55. The van der Waals surface area contributed by atoms with E-state index in [4.69, 9.17) is 5.73 Å². The van der Waals surface area contributed by atoms with E-state index >= 15 is 0 Å². The van der Waals surface area contributed by atoms with E-state index in [1.807, 2.05) is 32.7 Å². The maximum atomic E-state index is 11.9. The molecule has 0 aromatic heterocycles. The van der Waals surface area contributed by atoms with Crippen LogP contribution in [0.1, 0.15) is 20.8 Å². The summed E-state index contributed by atoms with van der Waals surface area (Å²) >= 11 is 0. The molecule has 106 valence electrons. The molecule has 0 unspecified atom stereocenters. The number of hydrogen-bond donors (Lipinski definition) is 2. The van der Waals surface area contributed by atoms with Gasteiger partial charge in [-0.05, 0) is 27.8 Å². The molecular formula is C12H26N4O2. The van der Waals surface area contributed by atoms with Crippen LogP contribution in [0.2, 0.25) is 0 Å². The van der Waals surface area contributed by atoms with Crippen molar-refractivity contribution >= 4 is 11.8 Å². The van der Waals surface area contributed by atoms with Crippen molar-refractivity contribution in [2.75, 3.05) is 39.8 Å². The zero-order chi connectivity index (χ0) is 14.1. The monoisotopic (exact) mass is 258 g/mol. The number of nitrogens with zero attached hydrogens (tertiary/aromatic N) is 2. The Labute approximate surface area is 109 Å². The van der Waals surface area contributed by atoms with Crippen LogP contribution in [0.15, 0.2) is 0 Å². The van der Waals surface area contributed by atoms with Gasteiger partial charge in [0, 0.05) is 25.7 Å². The molecule has 0 atom stereocenters. The molecule has 0 spiro atoms. The number of rotatable bonds is 8. The first kappa shape index (κ1) is 16.9. The molecule has 0 aliphatic carbocycles. The van der Waals surface area contributed by atoms with Gasteiger partial charge in [-0.25, -0.2) is 0 Å². The van der Waals surface area contributed by atoms with E-state index in [1.54, 1.807) is 4.90 Å². The van der Waals surface area contributed by atoms with E-state index in [0.717, 1.165) is 0 Å². The van der Waals surface area contributed by atoms with Gasteiger partial charge in [0.25, 0.3) is 0 Å². The highest BCUT2D eigenvalue weighted by molar-refractivity contribution is 5.85. The summed E-state index contributed by atoms with van der Waals surface area (Å²) in [6, 6.07) is 0.0891. The lowest BCUT2D eigenvalue weighted by Crippen LogP contribution is -2.46. The van der Waals surface area contributed by atoms with E-state index in [1.165, 1.54) is 0 Å². The molecule has 0 radical (unpaired) electrons. The summed E-state index contributed by atoms with van der Waals surface area (Å²) in [7, 11) is 1.84. The molecule has 0 fully saturated rings. The lowest BCUT2D eigenvalue weighted by molar-refractivity contribution is -0.136. The number of likely N-dealkylation sites (N-methyl/N-ethyl adjacent to an activating group) is 2. The maximum absolute atomic E-state index is 11.9. The fraction of sp³-hybridized carbons (Fsp3) is 0.833. The molecule has 0 heterocycles. The third-order valence-corrected chi connectivity index (χ3v) is 2.43. The Morgan fingerprint density at radius 3 is 2.33 bits per heavy atom. The van der Waals surface area contributed by atoms with Crippen LogP contribution in [0.25, 0.3) is 0 Å². The van der Waals surface area contributed by atoms with E-state index in [9.17, 15) is 9.59 Å². The second-order valence-corrected chi connectivity index (χ2v) is 4.66. The van der Waals surface area contributed by atoms with Crippen molar-refractivity contribution < 1.29 is 9.59 Å². The van der Waals surface area contributed by atoms with Crippen LogP contribution in [0, 0.1) is 0 Å². The van der Waals surface area contributed by atoms with E-state index in [2.05, 4.69) is 5.32 Å². The summed E-state index contributed by atoms with van der Waals surface area (Å²) in [6.07, 6.45) is 0. The van der Waals surface area contributed by atoms with E-state index in [0.29, 0.717) is 26.2 Å². The molecule has 0 aromatic rings. The average molecular weight is 258 g/mol. The summed E-state index contributed by atoms with van der Waals surface area (Å²) in [5.74, 6) is -0.172. The molecule has 3 N–H and O–H groups in total. The van der Waals surface area contributed by atoms with Crippen LogP contribution in [-0.4, -0.2) is 67.4 Å². The quantitative estimate of drug-likeness (QED) is 0.600. The third kappa shape index (κ3) is 7.24. The van der Waals surface area contributed by atoms with Gasteiger partial charge in [0.05, 0.1) is 13.1 Å². The highest BCUT2D eigenvalue weighted by Crippen LogP contribution is 1.93. The van der Waals surface area contributed by atoms with Gasteiger partial charge >= 0.3 is 0 Å². The van der Waals surface area contributed by atoms with Gasteiger partial charge in [0.15, 0.2) is 0 Å². The third-order valence-electron chi connectivity index (χ3n) is 2.43. The van der Waals surface area contributed by atoms with Gasteiger partial charge in [0.2, 0.25) is 11.8 Å². The summed E-state index contributed by atoms with van der Waals surface area (Å²) in [5.41, 5.74) is 5.42. The van der Waals surface area contributed by atoms with Crippen LogP contribution in [-0.2, 0) is 9.59 Å². The standard InChI is InChI=1S/C12H26N4O2/c1-5-16(8-11(17)14-10(2)3)12(18)9-15(4)7-6-13/h10H,5-9,13H2,1-4H3,(H,14,17). The Kier molecular flexibility index (Phi) is 8.32. The Balaban J connectivity index is 4.22. The number of carbonyl (C=O) groups excluding carboxylic acids is 2. The van der Waals surface area contributed by atoms with Crippen molar-refractivity contribution in [3.8, 4) is 0 Å². The lowest BCUT2D eigenvalue weighted by atomic mass is 10.3. The van der Waals surface area contributed by atoms with Crippen molar-refractivity contribution in [1.29, 1.82) is 0 Å². The maximum Gasteiger partial charge on any atom is 0.239 e. The molecule has 6 heteroatoms. The minimum Gasteiger partial charge on any atom is -0.352 e. The Hall–Kier alpha value is -1.14. The second kappa shape index (κ2) is 8.88.